The van der Waals surface area contributed by atoms with Gasteiger partial charge in [0.1, 0.15) is 5.82 Å². The number of carbonyl (C=O) groups excluding carboxylic acids is 1. The van der Waals surface area contributed by atoms with E-state index in [4.69, 9.17) is 9.15 Å². The number of ether oxygens (including phenoxy) is 1. The van der Waals surface area contributed by atoms with E-state index in [0.717, 1.165) is 22.9 Å². The van der Waals surface area contributed by atoms with Crippen molar-refractivity contribution in [3.05, 3.63) is 70.3 Å². The number of hydrogen-bond acceptors (Lipinski definition) is 5. The Morgan fingerprint density at radius 1 is 1.11 bits per heavy atom. The van der Waals surface area contributed by atoms with Crippen molar-refractivity contribution in [3.8, 4) is 11.5 Å². The third-order valence-corrected chi connectivity index (χ3v) is 5.65. The first kappa shape index (κ1) is 18.8. The molecule has 0 aliphatic heterocycles. The van der Waals surface area contributed by atoms with Gasteiger partial charge in [0.25, 0.3) is 5.89 Å². The molecule has 1 aromatic heterocycles. The maximum atomic E-state index is 14.4. The average molecular weight is 445 g/mol. The molecular weight excluding hydrogens is 427 g/mol. The fourth-order valence-electron chi connectivity index (χ4n) is 3.70. The van der Waals surface area contributed by atoms with Gasteiger partial charge in [0, 0.05) is 15.6 Å². The van der Waals surface area contributed by atoms with E-state index < -0.39 is 11.4 Å². The number of rotatable bonds is 5. The van der Waals surface area contributed by atoms with Crippen LogP contribution >= 0.6 is 15.9 Å². The van der Waals surface area contributed by atoms with Gasteiger partial charge in [-0.2, -0.15) is 0 Å². The van der Waals surface area contributed by atoms with E-state index in [1.54, 1.807) is 18.2 Å². The molecule has 4 rings (SSSR count). The quantitative estimate of drug-likeness (QED) is 0.506. The van der Waals surface area contributed by atoms with Crippen molar-refractivity contribution in [1.82, 2.24) is 10.2 Å². The van der Waals surface area contributed by atoms with Gasteiger partial charge < -0.3 is 9.15 Å². The number of aromatic nitrogens is 2. The molecule has 0 N–H and O–H groups in total. The highest BCUT2D eigenvalue weighted by molar-refractivity contribution is 9.10. The summed E-state index contributed by atoms with van der Waals surface area (Å²) in [6.45, 7) is -0.140. The summed E-state index contributed by atoms with van der Waals surface area (Å²) < 4.78 is 26.4. The molecule has 0 unspecified atom stereocenters. The summed E-state index contributed by atoms with van der Waals surface area (Å²) in [5.74, 6) is -0.272. The molecule has 144 valence electrons. The van der Waals surface area contributed by atoms with Gasteiger partial charge in [0.05, 0.1) is 5.41 Å². The number of benzene rings is 2. The van der Waals surface area contributed by atoms with E-state index in [1.807, 2.05) is 24.3 Å². The van der Waals surface area contributed by atoms with Crippen LogP contribution in [0.25, 0.3) is 11.5 Å². The van der Waals surface area contributed by atoms with Crippen LogP contribution in [0.1, 0.15) is 37.1 Å². The molecule has 1 heterocycles. The van der Waals surface area contributed by atoms with E-state index in [9.17, 15) is 9.18 Å². The van der Waals surface area contributed by atoms with Crippen molar-refractivity contribution in [2.45, 2.75) is 37.7 Å². The SMILES string of the molecule is O=C(OCc1nnc(-c2ccc(Br)cc2)o1)C1(c2ccccc2F)CCCC1. The first-order chi connectivity index (χ1) is 13.6. The first-order valence-corrected chi connectivity index (χ1v) is 9.88. The van der Waals surface area contributed by atoms with Gasteiger partial charge in [-0.15, -0.1) is 10.2 Å². The van der Waals surface area contributed by atoms with Gasteiger partial charge in [0.2, 0.25) is 5.89 Å². The van der Waals surface area contributed by atoms with Crippen molar-refractivity contribution in [3.63, 3.8) is 0 Å². The molecule has 0 saturated heterocycles. The van der Waals surface area contributed by atoms with Crippen LogP contribution in [0.5, 0.6) is 0 Å². The Labute approximate surface area is 170 Å². The third-order valence-electron chi connectivity index (χ3n) is 5.12. The minimum absolute atomic E-state index is 0.140. The largest absolute Gasteiger partial charge is 0.455 e. The van der Waals surface area contributed by atoms with Crippen LogP contribution in [-0.2, 0) is 21.6 Å². The Kier molecular flexibility index (Phi) is 5.26. The molecule has 0 amide bonds. The molecule has 0 atom stereocenters. The lowest BCUT2D eigenvalue weighted by atomic mass is 9.78. The molecule has 28 heavy (non-hydrogen) atoms. The molecule has 5 nitrogen and oxygen atoms in total. The summed E-state index contributed by atoms with van der Waals surface area (Å²) in [4.78, 5) is 12.9. The molecule has 1 fully saturated rings. The van der Waals surface area contributed by atoms with Gasteiger partial charge in [0.15, 0.2) is 6.61 Å². The molecule has 0 radical (unpaired) electrons. The van der Waals surface area contributed by atoms with Gasteiger partial charge in [-0.25, -0.2) is 4.39 Å². The first-order valence-electron chi connectivity index (χ1n) is 9.09. The second-order valence-electron chi connectivity index (χ2n) is 6.85. The summed E-state index contributed by atoms with van der Waals surface area (Å²) in [5.41, 5.74) is 0.227. The zero-order valence-corrected chi connectivity index (χ0v) is 16.6. The topological polar surface area (TPSA) is 65.2 Å². The van der Waals surface area contributed by atoms with Gasteiger partial charge in [-0.3, -0.25) is 4.79 Å². The molecule has 1 aliphatic rings. The van der Waals surface area contributed by atoms with Crippen LogP contribution in [-0.4, -0.2) is 16.2 Å². The van der Waals surface area contributed by atoms with Crippen LogP contribution in [0.4, 0.5) is 4.39 Å². The molecule has 2 aromatic carbocycles. The highest BCUT2D eigenvalue weighted by Crippen LogP contribution is 2.43. The number of hydrogen-bond donors (Lipinski definition) is 0. The molecule has 7 heteroatoms. The molecule has 0 bridgehead atoms. The Balaban J connectivity index is 1.49. The van der Waals surface area contributed by atoms with Crippen molar-refractivity contribution < 1.29 is 18.3 Å². The summed E-state index contributed by atoms with van der Waals surface area (Å²) in [6.07, 6.45) is 2.86. The van der Waals surface area contributed by atoms with Crippen LogP contribution in [0.2, 0.25) is 0 Å². The van der Waals surface area contributed by atoms with Crippen molar-refractivity contribution in [2.24, 2.45) is 0 Å². The van der Waals surface area contributed by atoms with E-state index in [1.165, 1.54) is 6.07 Å². The number of halogens is 2. The zero-order valence-electron chi connectivity index (χ0n) is 15.0. The number of carbonyl (C=O) groups is 1. The van der Waals surface area contributed by atoms with Gasteiger partial charge in [-0.1, -0.05) is 47.0 Å². The summed E-state index contributed by atoms with van der Waals surface area (Å²) in [6, 6.07) is 13.8. The summed E-state index contributed by atoms with van der Waals surface area (Å²) >= 11 is 3.37. The Bertz CT molecular complexity index is 981. The van der Waals surface area contributed by atoms with E-state index >= 15 is 0 Å². The number of nitrogens with zero attached hydrogens (tertiary/aromatic N) is 2. The maximum absolute atomic E-state index is 14.4. The molecule has 1 aliphatic carbocycles. The van der Waals surface area contributed by atoms with Crippen LogP contribution < -0.4 is 0 Å². The van der Waals surface area contributed by atoms with Crippen molar-refractivity contribution in [2.75, 3.05) is 0 Å². The van der Waals surface area contributed by atoms with Crippen LogP contribution in [0.3, 0.4) is 0 Å². The fourth-order valence-corrected chi connectivity index (χ4v) is 3.96. The van der Waals surface area contributed by atoms with Crippen LogP contribution in [0, 0.1) is 5.82 Å². The predicted octanol–water partition coefficient (Wildman–Crippen LogP) is 5.19. The van der Waals surface area contributed by atoms with E-state index in [2.05, 4.69) is 26.1 Å². The van der Waals surface area contributed by atoms with E-state index in [0.29, 0.717) is 24.3 Å². The lowest BCUT2D eigenvalue weighted by molar-refractivity contribution is -0.152. The molecule has 0 spiro atoms. The Morgan fingerprint density at radius 2 is 1.82 bits per heavy atom. The van der Waals surface area contributed by atoms with E-state index in [-0.39, 0.29) is 18.3 Å². The maximum Gasteiger partial charge on any atom is 0.317 e. The third kappa shape index (κ3) is 3.58. The van der Waals surface area contributed by atoms with Crippen LogP contribution in [0.15, 0.2) is 57.4 Å². The van der Waals surface area contributed by atoms with Crippen molar-refractivity contribution >= 4 is 21.9 Å². The smallest absolute Gasteiger partial charge is 0.317 e. The highest BCUT2D eigenvalue weighted by Gasteiger charge is 2.45. The fraction of sp³-hybridized carbons (Fsp3) is 0.286. The number of esters is 1. The molecule has 1 saturated carbocycles. The van der Waals surface area contributed by atoms with Gasteiger partial charge in [-0.05, 0) is 43.2 Å². The Morgan fingerprint density at radius 3 is 2.54 bits per heavy atom. The Hall–Kier alpha value is -2.54. The lowest BCUT2D eigenvalue weighted by Gasteiger charge is -2.27. The predicted molar refractivity (Wildman–Crippen MR) is 104 cm³/mol. The highest BCUT2D eigenvalue weighted by atomic mass is 79.9. The standard InChI is InChI=1S/C21H18BrFN2O3/c22-15-9-7-14(8-10-15)19-25-24-18(28-19)13-27-20(26)21(11-3-4-12-21)16-5-1-2-6-17(16)23/h1-2,5-10H,3-4,11-13H2. The summed E-state index contributed by atoms with van der Waals surface area (Å²) in [7, 11) is 0. The van der Waals surface area contributed by atoms with Crippen molar-refractivity contribution in [1.29, 1.82) is 0 Å². The summed E-state index contributed by atoms with van der Waals surface area (Å²) in [5, 5.41) is 7.94. The second-order valence-corrected chi connectivity index (χ2v) is 7.77. The average Bonchev–Trinajstić information content (AvgIpc) is 3.38. The monoisotopic (exact) mass is 444 g/mol. The second kappa shape index (κ2) is 7.83. The molecule has 3 aromatic rings. The minimum Gasteiger partial charge on any atom is -0.455 e. The lowest BCUT2D eigenvalue weighted by Crippen LogP contribution is -2.35. The zero-order chi connectivity index (χ0) is 19.6. The molecular formula is C21H18BrFN2O3. The minimum atomic E-state index is -0.945. The normalized spacial score (nSPS) is 15.5. The van der Waals surface area contributed by atoms with Gasteiger partial charge >= 0.3 is 5.97 Å².